The highest BCUT2D eigenvalue weighted by molar-refractivity contribution is 6.09. The number of amides is 4. The van der Waals surface area contributed by atoms with E-state index in [2.05, 4.69) is 17.4 Å². The van der Waals surface area contributed by atoms with Crippen molar-refractivity contribution in [3.8, 4) is 0 Å². The van der Waals surface area contributed by atoms with Gasteiger partial charge in [0.1, 0.15) is 12.1 Å². The fourth-order valence-electron chi connectivity index (χ4n) is 4.96. The molecule has 1 heterocycles. The Hall–Kier alpha value is -2.37. The van der Waals surface area contributed by atoms with Crippen molar-refractivity contribution in [1.29, 1.82) is 0 Å². The van der Waals surface area contributed by atoms with E-state index in [0.717, 1.165) is 49.0 Å². The number of hydrogen-bond acceptors (Lipinski definition) is 3. The Labute approximate surface area is 159 Å². The van der Waals surface area contributed by atoms with Crippen molar-refractivity contribution >= 4 is 17.8 Å². The van der Waals surface area contributed by atoms with Crippen LogP contribution in [0, 0.1) is 0 Å². The average molecular weight is 369 g/mol. The number of imide groups is 1. The van der Waals surface area contributed by atoms with Gasteiger partial charge in [0.25, 0.3) is 5.91 Å². The van der Waals surface area contributed by atoms with Crippen LogP contribution in [-0.4, -0.2) is 46.8 Å². The summed E-state index contributed by atoms with van der Waals surface area (Å²) in [7, 11) is 1.70. The quantitative estimate of drug-likeness (QED) is 0.833. The Morgan fingerprint density at radius 1 is 1.15 bits per heavy atom. The topological polar surface area (TPSA) is 69.7 Å². The predicted octanol–water partition coefficient (Wildman–Crippen LogP) is 2.78. The van der Waals surface area contributed by atoms with Gasteiger partial charge in [0.15, 0.2) is 0 Å². The van der Waals surface area contributed by atoms with Gasteiger partial charge in [0.05, 0.1) is 6.04 Å². The number of fused-ring (bicyclic) bond motifs is 1. The normalized spacial score (nSPS) is 24.3. The molecule has 6 heteroatoms. The van der Waals surface area contributed by atoms with Crippen LogP contribution >= 0.6 is 0 Å². The zero-order valence-electron chi connectivity index (χ0n) is 15.9. The molecule has 6 nitrogen and oxygen atoms in total. The van der Waals surface area contributed by atoms with Crippen LogP contribution in [0.4, 0.5) is 4.79 Å². The summed E-state index contributed by atoms with van der Waals surface area (Å²) >= 11 is 0. The van der Waals surface area contributed by atoms with Crippen molar-refractivity contribution in [2.45, 2.75) is 62.9 Å². The van der Waals surface area contributed by atoms with E-state index in [-0.39, 0.29) is 30.4 Å². The summed E-state index contributed by atoms with van der Waals surface area (Å²) in [6.07, 6.45) is 7.32. The molecule has 0 aromatic heterocycles. The van der Waals surface area contributed by atoms with Crippen LogP contribution < -0.4 is 5.32 Å². The van der Waals surface area contributed by atoms with Crippen LogP contribution in [0.3, 0.4) is 0 Å². The molecule has 1 saturated carbocycles. The van der Waals surface area contributed by atoms with Crippen molar-refractivity contribution in [1.82, 2.24) is 15.1 Å². The summed E-state index contributed by atoms with van der Waals surface area (Å²) in [6, 6.07) is 7.76. The van der Waals surface area contributed by atoms with E-state index in [0.29, 0.717) is 12.8 Å². The number of nitrogens with zero attached hydrogens (tertiary/aromatic N) is 2. The minimum Gasteiger partial charge on any atom is -0.348 e. The molecule has 144 valence electrons. The monoisotopic (exact) mass is 369 g/mol. The van der Waals surface area contributed by atoms with Crippen LogP contribution in [0.25, 0.3) is 0 Å². The summed E-state index contributed by atoms with van der Waals surface area (Å²) in [6.45, 7) is -0.192. The third-order valence-electron chi connectivity index (χ3n) is 6.49. The number of benzene rings is 1. The van der Waals surface area contributed by atoms with Gasteiger partial charge in [-0.3, -0.25) is 14.5 Å². The van der Waals surface area contributed by atoms with Gasteiger partial charge in [-0.25, -0.2) is 4.79 Å². The summed E-state index contributed by atoms with van der Waals surface area (Å²) in [5, 5.41) is 3.05. The molecule has 4 amide bonds. The zero-order valence-corrected chi connectivity index (χ0v) is 15.9. The SMILES string of the molecule is CN1C(=O)N(CC(=O)N[C@H]2CCCc3ccccc32)C(=O)C12CCCCC2. The summed E-state index contributed by atoms with van der Waals surface area (Å²) in [5.74, 6) is -0.464. The molecule has 27 heavy (non-hydrogen) atoms. The smallest absolute Gasteiger partial charge is 0.327 e. The van der Waals surface area contributed by atoms with Gasteiger partial charge in [-0.2, -0.15) is 0 Å². The van der Waals surface area contributed by atoms with Crippen molar-refractivity contribution in [2.24, 2.45) is 0 Å². The van der Waals surface area contributed by atoms with Gasteiger partial charge < -0.3 is 10.2 Å². The van der Waals surface area contributed by atoms with E-state index in [1.165, 1.54) is 5.56 Å². The molecule has 1 saturated heterocycles. The van der Waals surface area contributed by atoms with Crippen molar-refractivity contribution in [3.63, 3.8) is 0 Å². The molecule has 4 rings (SSSR count). The van der Waals surface area contributed by atoms with Crippen LogP contribution in [-0.2, 0) is 16.0 Å². The molecule has 1 aromatic rings. The Kier molecular flexibility index (Phi) is 4.66. The summed E-state index contributed by atoms with van der Waals surface area (Å²) in [4.78, 5) is 41.1. The number of carbonyl (C=O) groups excluding carboxylic acids is 3. The highest BCUT2D eigenvalue weighted by atomic mass is 16.2. The Morgan fingerprint density at radius 3 is 2.67 bits per heavy atom. The van der Waals surface area contributed by atoms with Gasteiger partial charge in [-0.1, -0.05) is 43.5 Å². The molecular formula is C21H27N3O3. The first-order valence-corrected chi connectivity index (χ1v) is 10.00. The predicted molar refractivity (Wildman–Crippen MR) is 101 cm³/mol. The van der Waals surface area contributed by atoms with E-state index in [1.54, 1.807) is 11.9 Å². The van der Waals surface area contributed by atoms with Gasteiger partial charge in [0, 0.05) is 7.05 Å². The largest absolute Gasteiger partial charge is 0.348 e. The van der Waals surface area contributed by atoms with Crippen molar-refractivity contribution < 1.29 is 14.4 Å². The number of rotatable bonds is 3. The number of nitrogens with one attached hydrogen (secondary N) is 1. The highest BCUT2D eigenvalue weighted by Gasteiger charge is 2.55. The first-order chi connectivity index (χ1) is 13.0. The van der Waals surface area contributed by atoms with Crippen LogP contribution in [0.1, 0.15) is 62.1 Å². The molecule has 0 unspecified atom stereocenters. The Morgan fingerprint density at radius 2 is 1.89 bits per heavy atom. The van der Waals surface area contributed by atoms with Crippen molar-refractivity contribution in [2.75, 3.05) is 13.6 Å². The van der Waals surface area contributed by atoms with Gasteiger partial charge in [-0.15, -0.1) is 0 Å². The van der Waals surface area contributed by atoms with Gasteiger partial charge in [-0.05, 0) is 43.2 Å². The van der Waals surface area contributed by atoms with Gasteiger partial charge in [0.2, 0.25) is 5.91 Å². The summed E-state index contributed by atoms with van der Waals surface area (Å²) < 4.78 is 0. The van der Waals surface area contributed by atoms with Crippen LogP contribution in [0.2, 0.25) is 0 Å². The third kappa shape index (κ3) is 3.01. The maximum Gasteiger partial charge on any atom is 0.327 e. The second-order valence-electron chi connectivity index (χ2n) is 8.04. The molecule has 3 aliphatic rings. The van der Waals surface area contributed by atoms with E-state index in [1.807, 2.05) is 12.1 Å². The maximum atomic E-state index is 13.0. The molecule has 2 aliphatic carbocycles. The Balaban J connectivity index is 1.46. The molecule has 1 spiro atoms. The second kappa shape index (κ2) is 6.98. The van der Waals surface area contributed by atoms with Gasteiger partial charge >= 0.3 is 6.03 Å². The molecule has 2 fully saturated rings. The fraction of sp³-hybridized carbons (Fsp3) is 0.571. The minimum atomic E-state index is -0.729. The lowest BCUT2D eigenvalue weighted by atomic mass is 9.81. The number of likely N-dealkylation sites (N-methyl/N-ethyl adjacent to an activating group) is 1. The van der Waals surface area contributed by atoms with E-state index < -0.39 is 5.54 Å². The lowest BCUT2D eigenvalue weighted by molar-refractivity contribution is -0.137. The zero-order chi connectivity index (χ0) is 19.0. The number of hydrogen-bond donors (Lipinski definition) is 1. The lowest BCUT2D eigenvalue weighted by Crippen LogP contribution is -2.49. The van der Waals surface area contributed by atoms with E-state index >= 15 is 0 Å². The van der Waals surface area contributed by atoms with Crippen molar-refractivity contribution in [3.05, 3.63) is 35.4 Å². The fourth-order valence-corrected chi connectivity index (χ4v) is 4.96. The standard InChI is InChI=1S/C21H27N3O3/c1-23-20(27)24(19(26)21(23)12-5-2-6-13-21)14-18(25)22-17-11-7-9-15-8-3-4-10-16(15)17/h3-4,8,10,17H,2,5-7,9,11-14H2,1H3,(H,22,25)/t17-/m0/s1. The number of aryl methyl sites for hydroxylation is 1. The molecule has 1 N–H and O–H groups in total. The van der Waals surface area contributed by atoms with E-state index in [4.69, 9.17) is 0 Å². The van der Waals surface area contributed by atoms with E-state index in [9.17, 15) is 14.4 Å². The number of urea groups is 1. The molecule has 0 radical (unpaired) electrons. The molecular weight excluding hydrogens is 342 g/mol. The Bertz CT molecular complexity index is 770. The van der Waals surface area contributed by atoms with Crippen LogP contribution in [0.15, 0.2) is 24.3 Å². The molecule has 1 aliphatic heterocycles. The lowest BCUT2D eigenvalue weighted by Gasteiger charge is -2.35. The first-order valence-electron chi connectivity index (χ1n) is 10.00. The third-order valence-corrected chi connectivity index (χ3v) is 6.49. The van der Waals surface area contributed by atoms with Crippen LogP contribution in [0.5, 0.6) is 0 Å². The maximum absolute atomic E-state index is 13.0. The number of carbonyl (C=O) groups is 3. The molecule has 1 aromatic carbocycles. The summed E-state index contributed by atoms with van der Waals surface area (Å²) in [5.41, 5.74) is 1.69. The molecule has 1 atom stereocenters. The minimum absolute atomic E-state index is 0.0448. The second-order valence-corrected chi connectivity index (χ2v) is 8.04. The average Bonchev–Trinajstić information content (AvgIpc) is 2.85. The highest BCUT2D eigenvalue weighted by Crippen LogP contribution is 2.39. The molecule has 0 bridgehead atoms. The first kappa shape index (κ1) is 18.0.